The number of carbonyl (C=O) groups is 2. The lowest BCUT2D eigenvalue weighted by molar-refractivity contribution is -0.116. The number of alkyl halides is 1. The largest absolute Gasteiger partial charge is 0.326 e. The maximum atomic E-state index is 11.6. The minimum Gasteiger partial charge on any atom is -0.326 e. The second-order valence-electron chi connectivity index (χ2n) is 4.26. The molecule has 0 unspecified atom stereocenters. The Balaban J connectivity index is 2.43. The third-order valence-corrected chi connectivity index (χ3v) is 2.82. The molecule has 0 spiro atoms. The fourth-order valence-corrected chi connectivity index (χ4v) is 1.66. The average molecular weight is 283 g/mol. The standard InChI is InChI=1S/C14H19ClN2O2/c1-2-3-4-5-13(18)16-11-6-8-12(9-7-11)17-14(19)10-15/h6-9H,2-5,10H2,1H3,(H,16,18)(H,17,19). The minimum atomic E-state index is -0.252. The number of benzene rings is 1. The molecule has 0 aliphatic heterocycles. The number of nitrogens with one attached hydrogen (secondary N) is 2. The summed E-state index contributed by atoms with van der Waals surface area (Å²) in [6, 6.07) is 6.96. The smallest absolute Gasteiger partial charge is 0.239 e. The van der Waals surface area contributed by atoms with Gasteiger partial charge in [0.05, 0.1) is 0 Å². The Morgan fingerprint density at radius 2 is 1.53 bits per heavy atom. The third-order valence-electron chi connectivity index (χ3n) is 2.58. The van der Waals surface area contributed by atoms with Crippen molar-refractivity contribution in [2.45, 2.75) is 32.6 Å². The maximum Gasteiger partial charge on any atom is 0.239 e. The Morgan fingerprint density at radius 3 is 2.00 bits per heavy atom. The van der Waals surface area contributed by atoms with Gasteiger partial charge in [0.1, 0.15) is 5.88 Å². The normalized spacial score (nSPS) is 10.0. The molecule has 2 amide bonds. The molecule has 1 aromatic carbocycles. The molecule has 0 atom stereocenters. The van der Waals surface area contributed by atoms with Crippen LogP contribution in [0.3, 0.4) is 0 Å². The van der Waals surface area contributed by atoms with Crippen LogP contribution in [0.1, 0.15) is 32.6 Å². The minimum absolute atomic E-state index is 0.0194. The first-order chi connectivity index (χ1) is 9.15. The van der Waals surface area contributed by atoms with E-state index >= 15 is 0 Å². The lowest BCUT2D eigenvalue weighted by Crippen LogP contribution is -2.13. The van der Waals surface area contributed by atoms with Gasteiger partial charge in [0.2, 0.25) is 11.8 Å². The van der Waals surface area contributed by atoms with E-state index in [1.54, 1.807) is 24.3 Å². The van der Waals surface area contributed by atoms with Crippen molar-refractivity contribution in [2.75, 3.05) is 16.5 Å². The first-order valence-electron chi connectivity index (χ1n) is 6.41. The van der Waals surface area contributed by atoms with E-state index in [1.165, 1.54) is 0 Å². The number of rotatable bonds is 7. The van der Waals surface area contributed by atoms with Crippen LogP contribution in [-0.2, 0) is 9.59 Å². The summed E-state index contributed by atoms with van der Waals surface area (Å²) in [7, 11) is 0. The molecule has 0 heterocycles. The molecule has 0 aliphatic rings. The zero-order chi connectivity index (χ0) is 14.1. The number of halogens is 1. The van der Waals surface area contributed by atoms with Crippen LogP contribution >= 0.6 is 11.6 Å². The van der Waals surface area contributed by atoms with Crippen molar-refractivity contribution in [3.05, 3.63) is 24.3 Å². The molecule has 0 fully saturated rings. The van der Waals surface area contributed by atoms with Gasteiger partial charge >= 0.3 is 0 Å². The summed E-state index contributed by atoms with van der Waals surface area (Å²) in [5.74, 6) is -0.306. The third kappa shape index (κ3) is 6.25. The molecule has 0 bridgehead atoms. The van der Waals surface area contributed by atoms with E-state index in [2.05, 4.69) is 17.6 Å². The van der Waals surface area contributed by atoms with Crippen molar-refractivity contribution in [3.63, 3.8) is 0 Å². The summed E-state index contributed by atoms with van der Waals surface area (Å²) < 4.78 is 0. The Kier molecular flexibility index (Phi) is 6.97. The van der Waals surface area contributed by atoms with Gasteiger partial charge in [-0.25, -0.2) is 0 Å². The summed E-state index contributed by atoms with van der Waals surface area (Å²) >= 11 is 5.39. The summed E-state index contributed by atoms with van der Waals surface area (Å²) in [5.41, 5.74) is 1.39. The van der Waals surface area contributed by atoms with Gasteiger partial charge in [-0.15, -0.1) is 11.6 Å². The van der Waals surface area contributed by atoms with Crippen LogP contribution in [0.15, 0.2) is 24.3 Å². The van der Waals surface area contributed by atoms with Gasteiger partial charge in [0.15, 0.2) is 0 Å². The molecule has 1 rings (SSSR count). The van der Waals surface area contributed by atoms with E-state index < -0.39 is 0 Å². The van der Waals surface area contributed by atoms with E-state index in [4.69, 9.17) is 11.6 Å². The fourth-order valence-electron chi connectivity index (χ4n) is 1.59. The number of anilines is 2. The number of amides is 2. The number of unbranched alkanes of at least 4 members (excludes halogenated alkanes) is 2. The molecule has 0 saturated heterocycles. The van der Waals surface area contributed by atoms with Crippen LogP contribution in [0.2, 0.25) is 0 Å². The van der Waals surface area contributed by atoms with E-state index in [-0.39, 0.29) is 17.7 Å². The quantitative estimate of drug-likeness (QED) is 0.595. The van der Waals surface area contributed by atoms with Crippen molar-refractivity contribution in [1.29, 1.82) is 0 Å². The molecule has 2 N–H and O–H groups in total. The molecule has 0 aromatic heterocycles. The molecule has 104 valence electrons. The Labute approximate surface area is 118 Å². The zero-order valence-electron chi connectivity index (χ0n) is 11.0. The molecule has 1 aromatic rings. The van der Waals surface area contributed by atoms with Crippen LogP contribution in [0.4, 0.5) is 11.4 Å². The SMILES string of the molecule is CCCCCC(=O)Nc1ccc(NC(=O)CCl)cc1. The topological polar surface area (TPSA) is 58.2 Å². The van der Waals surface area contributed by atoms with Crippen LogP contribution in [0.5, 0.6) is 0 Å². The molecule has 0 aliphatic carbocycles. The Hall–Kier alpha value is -1.55. The molecular formula is C14H19ClN2O2. The van der Waals surface area contributed by atoms with Crippen LogP contribution in [-0.4, -0.2) is 17.7 Å². The summed E-state index contributed by atoms with van der Waals surface area (Å²) in [6.07, 6.45) is 3.61. The molecule has 0 radical (unpaired) electrons. The van der Waals surface area contributed by atoms with Crippen molar-refractivity contribution < 1.29 is 9.59 Å². The van der Waals surface area contributed by atoms with Gasteiger partial charge in [-0.1, -0.05) is 19.8 Å². The highest BCUT2D eigenvalue weighted by atomic mass is 35.5. The maximum absolute atomic E-state index is 11.6. The number of hydrogen-bond acceptors (Lipinski definition) is 2. The van der Waals surface area contributed by atoms with Crippen LogP contribution < -0.4 is 10.6 Å². The first-order valence-corrected chi connectivity index (χ1v) is 6.95. The monoisotopic (exact) mass is 282 g/mol. The van der Waals surface area contributed by atoms with Gasteiger partial charge in [0.25, 0.3) is 0 Å². The molecule has 4 nitrogen and oxygen atoms in total. The van der Waals surface area contributed by atoms with E-state index in [1.807, 2.05) is 0 Å². The summed E-state index contributed by atoms with van der Waals surface area (Å²) in [6.45, 7) is 2.10. The van der Waals surface area contributed by atoms with Gasteiger partial charge in [0, 0.05) is 17.8 Å². The lowest BCUT2D eigenvalue weighted by Gasteiger charge is -2.07. The molecule has 5 heteroatoms. The predicted octanol–water partition coefficient (Wildman–Crippen LogP) is 3.38. The number of carbonyl (C=O) groups excluding carboxylic acids is 2. The van der Waals surface area contributed by atoms with Crippen LogP contribution in [0, 0.1) is 0 Å². The van der Waals surface area contributed by atoms with E-state index in [9.17, 15) is 9.59 Å². The second-order valence-corrected chi connectivity index (χ2v) is 4.53. The average Bonchev–Trinajstić information content (AvgIpc) is 2.41. The van der Waals surface area contributed by atoms with Crippen molar-refractivity contribution in [3.8, 4) is 0 Å². The van der Waals surface area contributed by atoms with Gasteiger partial charge in [-0.3, -0.25) is 9.59 Å². The Morgan fingerprint density at radius 1 is 1.00 bits per heavy atom. The molecular weight excluding hydrogens is 264 g/mol. The van der Waals surface area contributed by atoms with Crippen molar-refractivity contribution in [1.82, 2.24) is 0 Å². The van der Waals surface area contributed by atoms with E-state index in [0.717, 1.165) is 24.9 Å². The lowest BCUT2D eigenvalue weighted by atomic mass is 10.2. The number of hydrogen-bond donors (Lipinski definition) is 2. The van der Waals surface area contributed by atoms with Gasteiger partial charge in [-0.05, 0) is 30.7 Å². The van der Waals surface area contributed by atoms with E-state index in [0.29, 0.717) is 12.1 Å². The van der Waals surface area contributed by atoms with Gasteiger partial charge < -0.3 is 10.6 Å². The summed E-state index contributed by atoms with van der Waals surface area (Å²) in [5, 5.41) is 5.45. The second kappa shape index (κ2) is 8.53. The molecule has 19 heavy (non-hydrogen) atoms. The van der Waals surface area contributed by atoms with Crippen molar-refractivity contribution in [2.24, 2.45) is 0 Å². The van der Waals surface area contributed by atoms with Crippen molar-refractivity contribution >= 4 is 34.8 Å². The summed E-state index contributed by atoms with van der Waals surface area (Å²) in [4.78, 5) is 22.7. The first kappa shape index (κ1) is 15.5. The zero-order valence-corrected chi connectivity index (χ0v) is 11.8. The van der Waals surface area contributed by atoms with Gasteiger partial charge in [-0.2, -0.15) is 0 Å². The Bertz CT molecular complexity index is 418. The fraction of sp³-hybridized carbons (Fsp3) is 0.429. The molecule has 0 saturated carbocycles. The van der Waals surface area contributed by atoms with Crippen LogP contribution in [0.25, 0.3) is 0 Å². The highest BCUT2D eigenvalue weighted by molar-refractivity contribution is 6.29. The highest BCUT2D eigenvalue weighted by Crippen LogP contribution is 2.14. The predicted molar refractivity (Wildman–Crippen MR) is 78.6 cm³/mol. The highest BCUT2D eigenvalue weighted by Gasteiger charge is 2.03.